The molecule has 1 saturated heterocycles. The normalized spacial score (nSPS) is 22.7. The summed E-state index contributed by atoms with van der Waals surface area (Å²) in [7, 11) is 0. The lowest BCUT2D eigenvalue weighted by Gasteiger charge is -2.04. The smallest absolute Gasteiger partial charge is 0.220 e. The third-order valence-corrected chi connectivity index (χ3v) is 1.95. The van der Waals surface area contributed by atoms with Gasteiger partial charge in [-0.05, 0) is 5.57 Å². The Morgan fingerprint density at radius 1 is 1.67 bits per heavy atom. The van der Waals surface area contributed by atoms with Crippen molar-refractivity contribution in [1.82, 2.24) is 5.32 Å². The summed E-state index contributed by atoms with van der Waals surface area (Å²) < 4.78 is 0. The second kappa shape index (κ2) is 3.90. The van der Waals surface area contributed by atoms with E-state index in [1.807, 2.05) is 12.2 Å². The molecule has 1 unspecified atom stereocenters. The zero-order valence-corrected chi connectivity index (χ0v) is 7.05. The molecule has 1 aliphatic rings. The van der Waals surface area contributed by atoms with E-state index in [0.29, 0.717) is 6.42 Å². The molecule has 0 aromatic rings. The average Bonchev–Trinajstić information content (AvgIpc) is 2.47. The molecule has 1 rings (SSSR count). The molecule has 1 atom stereocenters. The van der Waals surface area contributed by atoms with Gasteiger partial charge in [-0.25, -0.2) is 0 Å². The number of amides is 1. The van der Waals surface area contributed by atoms with E-state index in [4.69, 9.17) is 0 Å². The van der Waals surface area contributed by atoms with Gasteiger partial charge in [-0.3, -0.25) is 4.79 Å². The predicted molar refractivity (Wildman–Crippen MR) is 49.6 cm³/mol. The second-order valence-electron chi connectivity index (χ2n) is 2.87. The molecule has 1 fully saturated rings. The van der Waals surface area contributed by atoms with Crippen LogP contribution in [-0.4, -0.2) is 12.5 Å². The highest BCUT2D eigenvalue weighted by Gasteiger charge is 2.22. The molecule has 0 spiro atoms. The van der Waals surface area contributed by atoms with Crippen LogP contribution in [-0.2, 0) is 4.79 Å². The Bertz CT molecular complexity index is 240. The Labute approximate surface area is 72.7 Å². The number of carbonyl (C=O) groups is 1. The number of nitrogens with one attached hydrogen (secondary N) is 1. The highest BCUT2D eigenvalue weighted by Crippen LogP contribution is 2.18. The maximum Gasteiger partial charge on any atom is 0.220 e. The first-order valence-electron chi connectivity index (χ1n) is 3.98. The van der Waals surface area contributed by atoms with Gasteiger partial charge in [0.2, 0.25) is 5.91 Å². The molecule has 12 heavy (non-hydrogen) atoms. The minimum Gasteiger partial charge on any atom is -0.355 e. The molecule has 0 radical (unpaired) electrons. The molecular weight excluding hydrogens is 150 g/mol. The van der Waals surface area contributed by atoms with E-state index in [2.05, 4.69) is 18.5 Å². The van der Waals surface area contributed by atoms with Crippen LogP contribution in [0.4, 0.5) is 0 Å². The zero-order valence-electron chi connectivity index (χ0n) is 7.05. The summed E-state index contributed by atoms with van der Waals surface area (Å²) in [6.45, 7) is 8.17. The van der Waals surface area contributed by atoms with Gasteiger partial charge in [0.15, 0.2) is 0 Å². The molecule has 2 nitrogen and oxygen atoms in total. The number of rotatable bonds is 3. The van der Waals surface area contributed by atoms with Crippen LogP contribution >= 0.6 is 0 Å². The van der Waals surface area contributed by atoms with Crippen molar-refractivity contribution in [3.63, 3.8) is 0 Å². The summed E-state index contributed by atoms with van der Waals surface area (Å²) in [5.74, 6) is 0.391. The maximum atomic E-state index is 10.8. The monoisotopic (exact) mass is 163 g/mol. The molecule has 0 saturated carbocycles. The molecule has 1 amide bonds. The quantitative estimate of drug-likeness (QED) is 0.626. The summed E-state index contributed by atoms with van der Waals surface area (Å²) in [5, 5.41) is 2.77. The van der Waals surface area contributed by atoms with E-state index in [1.54, 1.807) is 6.08 Å². The van der Waals surface area contributed by atoms with Gasteiger partial charge in [0.05, 0.1) is 0 Å². The average molecular weight is 163 g/mol. The first-order valence-corrected chi connectivity index (χ1v) is 3.98. The largest absolute Gasteiger partial charge is 0.355 e. The lowest BCUT2D eigenvalue weighted by Crippen LogP contribution is -2.14. The van der Waals surface area contributed by atoms with Crippen LogP contribution < -0.4 is 5.32 Å². The molecular formula is C10H13NO. The van der Waals surface area contributed by atoms with E-state index in [0.717, 1.165) is 12.1 Å². The minimum absolute atomic E-state index is 0.119. The predicted octanol–water partition coefficient (Wildman–Crippen LogP) is 1.42. The third-order valence-electron chi connectivity index (χ3n) is 1.95. The van der Waals surface area contributed by atoms with Crippen LogP contribution in [0.25, 0.3) is 0 Å². The van der Waals surface area contributed by atoms with Crippen molar-refractivity contribution >= 4 is 5.91 Å². The SMILES string of the molecule is C=C/C=C\C(=C)C1CNC(=O)C1. The summed E-state index contributed by atoms with van der Waals surface area (Å²) in [6.07, 6.45) is 6.01. The second-order valence-corrected chi connectivity index (χ2v) is 2.87. The highest BCUT2D eigenvalue weighted by molar-refractivity contribution is 5.79. The first-order chi connectivity index (χ1) is 5.74. The zero-order chi connectivity index (χ0) is 8.97. The highest BCUT2D eigenvalue weighted by atomic mass is 16.1. The fraction of sp³-hybridized carbons (Fsp3) is 0.300. The van der Waals surface area contributed by atoms with Crippen LogP contribution in [0.15, 0.2) is 37.0 Å². The van der Waals surface area contributed by atoms with Crippen LogP contribution in [0.2, 0.25) is 0 Å². The van der Waals surface area contributed by atoms with Gasteiger partial charge in [-0.15, -0.1) is 0 Å². The first kappa shape index (κ1) is 8.78. The van der Waals surface area contributed by atoms with E-state index >= 15 is 0 Å². The number of hydrogen-bond acceptors (Lipinski definition) is 1. The van der Waals surface area contributed by atoms with Crippen LogP contribution in [0.3, 0.4) is 0 Å². The van der Waals surface area contributed by atoms with E-state index in [1.165, 1.54) is 0 Å². The Balaban J connectivity index is 2.48. The minimum atomic E-state index is 0.119. The fourth-order valence-corrected chi connectivity index (χ4v) is 1.20. The Morgan fingerprint density at radius 3 is 2.92 bits per heavy atom. The lowest BCUT2D eigenvalue weighted by atomic mass is 9.99. The Kier molecular flexibility index (Phi) is 2.86. The van der Waals surface area contributed by atoms with Gasteiger partial charge < -0.3 is 5.32 Å². The van der Waals surface area contributed by atoms with Gasteiger partial charge >= 0.3 is 0 Å². The number of allylic oxidation sites excluding steroid dienone is 3. The number of carbonyl (C=O) groups excluding carboxylic acids is 1. The van der Waals surface area contributed by atoms with Gasteiger partial charge in [-0.2, -0.15) is 0 Å². The van der Waals surface area contributed by atoms with Crippen molar-refractivity contribution in [2.24, 2.45) is 5.92 Å². The topological polar surface area (TPSA) is 29.1 Å². The summed E-state index contributed by atoms with van der Waals surface area (Å²) in [4.78, 5) is 10.8. The Hall–Kier alpha value is -1.31. The van der Waals surface area contributed by atoms with Crippen LogP contribution in [0, 0.1) is 5.92 Å². The fourth-order valence-electron chi connectivity index (χ4n) is 1.20. The van der Waals surface area contributed by atoms with Crippen molar-refractivity contribution in [3.8, 4) is 0 Å². The lowest BCUT2D eigenvalue weighted by molar-refractivity contribution is -0.119. The molecule has 1 N–H and O–H groups in total. The molecule has 1 aliphatic heterocycles. The van der Waals surface area contributed by atoms with E-state index in [9.17, 15) is 4.79 Å². The molecule has 0 bridgehead atoms. The van der Waals surface area contributed by atoms with Crippen molar-refractivity contribution in [2.45, 2.75) is 6.42 Å². The van der Waals surface area contributed by atoms with Crippen molar-refractivity contribution in [2.75, 3.05) is 6.54 Å². The standard InChI is InChI=1S/C10H13NO/c1-3-4-5-8(2)9-6-10(12)11-7-9/h3-5,9H,1-2,6-7H2,(H,11,12)/b5-4-. The molecule has 1 heterocycles. The van der Waals surface area contributed by atoms with Gasteiger partial charge in [0.25, 0.3) is 0 Å². The van der Waals surface area contributed by atoms with E-state index < -0.39 is 0 Å². The number of hydrogen-bond donors (Lipinski definition) is 1. The molecule has 0 aromatic heterocycles. The molecule has 0 aliphatic carbocycles. The molecule has 0 aromatic carbocycles. The summed E-state index contributed by atoms with van der Waals surface area (Å²) in [5.41, 5.74) is 0.994. The molecule has 64 valence electrons. The van der Waals surface area contributed by atoms with Gasteiger partial charge in [0, 0.05) is 18.9 Å². The van der Waals surface area contributed by atoms with Gasteiger partial charge in [0.1, 0.15) is 0 Å². The maximum absolute atomic E-state index is 10.8. The van der Waals surface area contributed by atoms with Crippen molar-refractivity contribution in [3.05, 3.63) is 37.0 Å². The van der Waals surface area contributed by atoms with Crippen molar-refractivity contribution in [1.29, 1.82) is 0 Å². The van der Waals surface area contributed by atoms with Crippen LogP contribution in [0.5, 0.6) is 0 Å². The van der Waals surface area contributed by atoms with Crippen molar-refractivity contribution < 1.29 is 4.79 Å². The third kappa shape index (κ3) is 2.09. The van der Waals surface area contributed by atoms with E-state index in [-0.39, 0.29) is 11.8 Å². The molecule has 2 heteroatoms. The van der Waals surface area contributed by atoms with Crippen LogP contribution in [0.1, 0.15) is 6.42 Å². The van der Waals surface area contributed by atoms with Gasteiger partial charge in [-0.1, -0.05) is 31.4 Å². The summed E-state index contributed by atoms with van der Waals surface area (Å²) >= 11 is 0. The summed E-state index contributed by atoms with van der Waals surface area (Å²) in [6, 6.07) is 0. The Morgan fingerprint density at radius 2 is 2.42 bits per heavy atom.